The van der Waals surface area contributed by atoms with Gasteiger partial charge in [0.25, 0.3) is 0 Å². The molecule has 1 fully saturated rings. The van der Waals surface area contributed by atoms with Crippen molar-refractivity contribution in [2.45, 2.75) is 98.1 Å². The van der Waals surface area contributed by atoms with E-state index >= 15 is 0 Å². The minimum absolute atomic E-state index is 0.260. The largest absolute Gasteiger partial charge is 0.312 e. The number of hydrogen-bond donors (Lipinski definition) is 2. The maximum absolute atomic E-state index is 5.50. The van der Waals surface area contributed by atoms with Gasteiger partial charge >= 0.3 is 0 Å². The number of nitrogens with one attached hydrogen (secondary N) is 2. The maximum Gasteiger partial charge on any atom is 0.0484 e. The van der Waals surface area contributed by atoms with Crippen LogP contribution >= 0.6 is 0 Å². The Morgan fingerprint density at radius 3 is 2.28 bits per heavy atom. The van der Waals surface area contributed by atoms with Crippen LogP contribution in [-0.2, 0) is 0 Å². The van der Waals surface area contributed by atoms with Crippen LogP contribution in [0, 0.1) is 12.3 Å². The fourth-order valence-corrected chi connectivity index (χ4v) is 3.74. The van der Waals surface area contributed by atoms with E-state index in [4.69, 9.17) is 6.42 Å². The second-order valence-electron chi connectivity index (χ2n) is 8.86. The number of rotatable bonds is 13. The highest BCUT2D eigenvalue weighted by molar-refractivity contribution is 5.27. The first-order valence-corrected chi connectivity index (χ1v) is 12.3. The molecule has 0 aliphatic carbocycles. The highest BCUT2D eigenvalue weighted by Gasteiger charge is 2.23. The number of nitrogens with zero attached hydrogens (tertiary/aromatic N) is 1. The van der Waals surface area contributed by atoms with E-state index < -0.39 is 0 Å². The second-order valence-corrected chi connectivity index (χ2v) is 8.86. The molecule has 3 nitrogen and oxygen atoms in total. The molecule has 0 spiro atoms. The predicted octanol–water partition coefficient (Wildman–Crippen LogP) is 7.08. The van der Waals surface area contributed by atoms with E-state index in [1.54, 1.807) is 0 Å². The Morgan fingerprint density at radius 1 is 1.09 bits per heavy atom. The molecule has 0 aromatic rings. The first kappa shape index (κ1) is 30.0. The van der Waals surface area contributed by atoms with E-state index in [-0.39, 0.29) is 12.1 Å². The van der Waals surface area contributed by atoms with Crippen molar-refractivity contribution in [1.29, 1.82) is 0 Å². The van der Waals surface area contributed by atoms with Crippen LogP contribution in [-0.4, -0.2) is 30.2 Å². The van der Waals surface area contributed by atoms with Gasteiger partial charge in [-0.2, -0.15) is 0 Å². The molecule has 0 saturated carbocycles. The van der Waals surface area contributed by atoms with Gasteiger partial charge in [-0.1, -0.05) is 69.1 Å². The lowest BCUT2D eigenvalue weighted by Crippen LogP contribution is -2.50. The summed E-state index contributed by atoms with van der Waals surface area (Å²) in [4.78, 5) is 0. The van der Waals surface area contributed by atoms with Gasteiger partial charge in [-0.3, -0.25) is 0 Å². The molecule has 0 radical (unpaired) electrons. The van der Waals surface area contributed by atoms with Crippen molar-refractivity contribution in [1.82, 2.24) is 15.8 Å². The molecule has 180 valence electrons. The first-order chi connectivity index (χ1) is 15.3. The standard InChI is InChI=1S/C25H41N3.C4H8/c1-7-13-21(5)24(18-17-23(14-8-2)15-9-3)27-25(16-10-4)22(6)28-20-12-11-19-26-28;1-4(2)3/h2,9,14-15,24-27H,5-7,10-13,16-20H2,1,3-4H3;1H2,2-3H3/b15-9-,23-14+;/t24?,25-;/m0./s1. The van der Waals surface area contributed by atoms with Crippen molar-refractivity contribution in [2.75, 3.05) is 13.1 Å². The molecule has 0 aromatic carbocycles. The molecule has 1 saturated heterocycles. The zero-order valence-electron chi connectivity index (χ0n) is 21.6. The summed E-state index contributed by atoms with van der Waals surface area (Å²) >= 11 is 0. The maximum atomic E-state index is 5.50. The third kappa shape index (κ3) is 13.4. The summed E-state index contributed by atoms with van der Waals surface area (Å²) in [6.07, 6.45) is 20.3. The lowest BCUT2D eigenvalue weighted by Gasteiger charge is -2.37. The van der Waals surface area contributed by atoms with Gasteiger partial charge < -0.3 is 10.3 Å². The number of hydrazine groups is 1. The van der Waals surface area contributed by atoms with E-state index in [2.05, 4.69) is 67.4 Å². The zero-order valence-corrected chi connectivity index (χ0v) is 21.6. The number of hydrogen-bond acceptors (Lipinski definition) is 3. The van der Waals surface area contributed by atoms with Gasteiger partial charge in [-0.05, 0) is 70.9 Å². The zero-order chi connectivity index (χ0) is 24.4. The Balaban J connectivity index is 0.00000220. The number of allylic oxidation sites excluding steroid dienone is 5. The van der Waals surface area contributed by atoms with Crippen LogP contribution in [0.2, 0.25) is 0 Å². The molecule has 1 rings (SSSR count). The summed E-state index contributed by atoms with van der Waals surface area (Å²) in [7, 11) is 0. The summed E-state index contributed by atoms with van der Waals surface area (Å²) in [6.45, 7) is 24.9. The van der Waals surface area contributed by atoms with E-state index in [0.717, 1.165) is 57.3 Å². The van der Waals surface area contributed by atoms with Crippen molar-refractivity contribution in [3.05, 3.63) is 60.4 Å². The van der Waals surface area contributed by atoms with Crippen molar-refractivity contribution >= 4 is 0 Å². The second kappa shape index (κ2) is 18.5. The Labute approximate surface area is 199 Å². The quantitative estimate of drug-likeness (QED) is 0.182. The fraction of sp³-hybridized carbons (Fsp3) is 0.586. The highest BCUT2D eigenvalue weighted by Crippen LogP contribution is 2.21. The highest BCUT2D eigenvalue weighted by atomic mass is 15.5. The molecule has 0 aromatic heterocycles. The van der Waals surface area contributed by atoms with Crippen LogP contribution in [0.1, 0.15) is 86.0 Å². The number of terminal acetylenes is 1. The van der Waals surface area contributed by atoms with Crippen molar-refractivity contribution in [2.24, 2.45) is 0 Å². The van der Waals surface area contributed by atoms with E-state index in [0.29, 0.717) is 0 Å². The molecule has 0 bridgehead atoms. The molecule has 1 unspecified atom stereocenters. The van der Waals surface area contributed by atoms with Gasteiger partial charge in [0.1, 0.15) is 0 Å². The fourth-order valence-electron chi connectivity index (χ4n) is 3.74. The minimum Gasteiger partial charge on any atom is -0.312 e. The van der Waals surface area contributed by atoms with Gasteiger partial charge in [-0.15, -0.1) is 13.0 Å². The molecule has 2 N–H and O–H groups in total. The molecule has 1 aliphatic rings. The molecule has 1 heterocycles. The van der Waals surface area contributed by atoms with Gasteiger partial charge in [-0.25, -0.2) is 5.43 Å². The summed E-state index contributed by atoms with van der Waals surface area (Å²) in [5, 5.41) is 6.14. The topological polar surface area (TPSA) is 27.3 Å². The van der Waals surface area contributed by atoms with Gasteiger partial charge in [0.15, 0.2) is 0 Å². The lowest BCUT2D eigenvalue weighted by atomic mass is 9.94. The van der Waals surface area contributed by atoms with Gasteiger partial charge in [0.05, 0.1) is 0 Å². The predicted molar refractivity (Wildman–Crippen MR) is 144 cm³/mol. The molecule has 1 aliphatic heterocycles. The van der Waals surface area contributed by atoms with Crippen molar-refractivity contribution in [3.8, 4) is 12.3 Å². The Hall–Kier alpha value is -2.02. The SMILES string of the molecule is C#C/C=C(\C=C/C)CCC(N[C@@H](CCC)C(=C)N1CCCCN1)C(=C)CCC.C=C(C)C. The Morgan fingerprint density at radius 2 is 1.78 bits per heavy atom. The van der Waals surface area contributed by atoms with Gasteiger partial charge in [0, 0.05) is 30.9 Å². The van der Waals surface area contributed by atoms with E-state index in [9.17, 15) is 0 Å². The summed E-state index contributed by atoms with van der Waals surface area (Å²) in [5.74, 6) is 2.67. The molecular formula is C29H49N3. The molecule has 32 heavy (non-hydrogen) atoms. The monoisotopic (exact) mass is 439 g/mol. The van der Waals surface area contributed by atoms with Crippen LogP contribution in [0.3, 0.4) is 0 Å². The average molecular weight is 440 g/mol. The van der Waals surface area contributed by atoms with E-state index in [1.165, 1.54) is 29.6 Å². The van der Waals surface area contributed by atoms with Crippen LogP contribution in [0.15, 0.2) is 60.4 Å². The van der Waals surface area contributed by atoms with Crippen LogP contribution < -0.4 is 10.7 Å². The molecule has 3 heteroatoms. The molecular weight excluding hydrogens is 390 g/mol. The van der Waals surface area contributed by atoms with Crippen LogP contribution in [0.4, 0.5) is 0 Å². The third-order valence-electron chi connectivity index (χ3n) is 5.27. The van der Waals surface area contributed by atoms with Crippen molar-refractivity contribution < 1.29 is 0 Å². The Kier molecular flexibility index (Phi) is 17.4. The van der Waals surface area contributed by atoms with Crippen molar-refractivity contribution in [3.63, 3.8) is 0 Å². The van der Waals surface area contributed by atoms with Crippen LogP contribution in [0.25, 0.3) is 0 Å². The van der Waals surface area contributed by atoms with Gasteiger partial charge in [0.2, 0.25) is 0 Å². The summed E-state index contributed by atoms with van der Waals surface area (Å²) in [5.41, 5.74) is 8.30. The molecule has 0 amide bonds. The van der Waals surface area contributed by atoms with E-state index in [1.807, 2.05) is 26.8 Å². The summed E-state index contributed by atoms with van der Waals surface area (Å²) < 4.78 is 0. The first-order valence-electron chi connectivity index (χ1n) is 12.3. The normalized spacial score (nSPS) is 16.0. The average Bonchev–Trinajstić information content (AvgIpc) is 2.76. The lowest BCUT2D eigenvalue weighted by molar-refractivity contribution is 0.182. The smallest absolute Gasteiger partial charge is 0.0484 e. The Bertz CT molecular complexity index is 652. The van der Waals surface area contributed by atoms with Crippen LogP contribution in [0.5, 0.6) is 0 Å². The summed E-state index contributed by atoms with van der Waals surface area (Å²) in [6, 6.07) is 0.528. The third-order valence-corrected chi connectivity index (χ3v) is 5.27. The minimum atomic E-state index is 0.260. The molecule has 2 atom stereocenters.